The van der Waals surface area contributed by atoms with Crippen LogP contribution < -0.4 is 14.8 Å². The van der Waals surface area contributed by atoms with Gasteiger partial charge in [0.1, 0.15) is 16.7 Å². The van der Waals surface area contributed by atoms with Crippen molar-refractivity contribution in [1.29, 1.82) is 0 Å². The maximum atomic E-state index is 13.1. The molecule has 7 nitrogen and oxygen atoms in total. The lowest BCUT2D eigenvalue weighted by Gasteiger charge is -2.17. The monoisotopic (exact) mass is 427 g/mol. The Labute approximate surface area is 180 Å². The summed E-state index contributed by atoms with van der Waals surface area (Å²) in [7, 11) is 3.22. The summed E-state index contributed by atoms with van der Waals surface area (Å²) < 4.78 is 10.4. The fraction of sp³-hybridized carbons (Fsp3) is 0.318. The number of rotatable bonds is 8. The first-order valence-corrected chi connectivity index (χ1v) is 10.5. The Morgan fingerprint density at radius 2 is 1.67 bits per heavy atom. The largest absolute Gasteiger partial charge is 0.497 e. The van der Waals surface area contributed by atoms with Crippen LogP contribution in [-0.2, 0) is 16.1 Å². The Morgan fingerprint density at radius 1 is 1.07 bits per heavy atom. The van der Waals surface area contributed by atoms with Crippen molar-refractivity contribution in [3.8, 4) is 11.5 Å². The molecule has 0 radical (unpaired) electrons. The SMILES string of the molecule is CCNC(=O)C[C@@H]1SC(=Nc2ccc(OC)cc2)N(Cc2ccc(OC)cc2)C1=O. The molecule has 1 fully saturated rings. The molecule has 8 heteroatoms. The van der Waals surface area contributed by atoms with Gasteiger partial charge in [-0.1, -0.05) is 23.9 Å². The molecule has 0 bridgehead atoms. The van der Waals surface area contributed by atoms with Crippen LogP contribution in [0.4, 0.5) is 5.69 Å². The molecule has 1 aliphatic heterocycles. The molecule has 1 aliphatic rings. The van der Waals surface area contributed by atoms with E-state index in [9.17, 15) is 9.59 Å². The molecule has 158 valence electrons. The Kier molecular flexibility index (Phi) is 7.35. The van der Waals surface area contributed by atoms with Gasteiger partial charge in [-0.3, -0.25) is 14.5 Å². The number of nitrogens with zero attached hydrogens (tertiary/aromatic N) is 2. The van der Waals surface area contributed by atoms with Crippen LogP contribution in [-0.4, -0.2) is 47.9 Å². The molecule has 1 N–H and O–H groups in total. The summed E-state index contributed by atoms with van der Waals surface area (Å²) in [5.41, 5.74) is 1.66. The van der Waals surface area contributed by atoms with Gasteiger partial charge in [0.2, 0.25) is 11.8 Å². The van der Waals surface area contributed by atoms with E-state index in [1.807, 2.05) is 55.5 Å². The normalized spacial score (nSPS) is 17.3. The van der Waals surface area contributed by atoms with Crippen molar-refractivity contribution in [2.75, 3.05) is 20.8 Å². The van der Waals surface area contributed by atoms with Gasteiger partial charge in [-0.25, -0.2) is 4.99 Å². The number of methoxy groups -OCH3 is 2. The number of hydrogen-bond donors (Lipinski definition) is 1. The van der Waals surface area contributed by atoms with Gasteiger partial charge in [0.25, 0.3) is 0 Å². The summed E-state index contributed by atoms with van der Waals surface area (Å²) in [6, 6.07) is 14.9. The highest BCUT2D eigenvalue weighted by Crippen LogP contribution is 2.33. The van der Waals surface area contributed by atoms with E-state index in [1.165, 1.54) is 11.8 Å². The zero-order valence-electron chi connectivity index (χ0n) is 17.3. The minimum Gasteiger partial charge on any atom is -0.497 e. The van der Waals surface area contributed by atoms with Crippen LogP contribution in [0.15, 0.2) is 53.5 Å². The molecular weight excluding hydrogens is 402 g/mol. The van der Waals surface area contributed by atoms with E-state index in [0.29, 0.717) is 23.9 Å². The van der Waals surface area contributed by atoms with E-state index in [1.54, 1.807) is 19.1 Å². The van der Waals surface area contributed by atoms with E-state index in [0.717, 1.165) is 17.1 Å². The van der Waals surface area contributed by atoms with Crippen LogP contribution in [0.25, 0.3) is 0 Å². The highest BCUT2D eigenvalue weighted by Gasteiger charge is 2.39. The van der Waals surface area contributed by atoms with Gasteiger partial charge in [-0.05, 0) is 48.9 Å². The number of nitrogens with one attached hydrogen (secondary N) is 1. The number of benzene rings is 2. The van der Waals surface area contributed by atoms with Gasteiger partial charge < -0.3 is 14.8 Å². The Hall–Kier alpha value is -3.00. The topological polar surface area (TPSA) is 80.2 Å². The Morgan fingerprint density at radius 3 is 2.23 bits per heavy atom. The number of aliphatic imine (C=N–C) groups is 1. The standard InChI is InChI=1S/C22H25N3O4S/c1-4-23-20(26)13-19-21(27)25(14-15-5-9-17(28-2)10-6-15)22(30-19)24-16-7-11-18(29-3)12-8-16/h5-12,19H,4,13-14H2,1-3H3,(H,23,26)/t19-/m0/s1. The van der Waals surface area contributed by atoms with Gasteiger partial charge in [-0.2, -0.15) is 0 Å². The molecule has 3 rings (SSSR count). The smallest absolute Gasteiger partial charge is 0.242 e. The first kappa shape index (κ1) is 21.7. The van der Waals surface area contributed by atoms with Crippen LogP contribution in [0.5, 0.6) is 11.5 Å². The van der Waals surface area contributed by atoms with Crippen LogP contribution in [0.1, 0.15) is 18.9 Å². The van der Waals surface area contributed by atoms with Crippen LogP contribution in [0, 0.1) is 0 Å². The lowest BCUT2D eigenvalue weighted by atomic mass is 10.2. The lowest BCUT2D eigenvalue weighted by Crippen LogP contribution is -2.34. The summed E-state index contributed by atoms with van der Waals surface area (Å²) in [4.78, 5) is 31.4. The summed E-state index contributed by atoms with van der Waals surface area (Å²) >= 11 is 1.32. The second kappa shape index (κ2) is 10.2. The molecule has 2 aromatic carbocycles. The maximum Gasteiger partial charge on any atom is 0.242 e. The molecule has 2 aromatic rings. The van der Waals surface area contributed by atoms with Crippen molar-refractivity contribution >= 4 is 34.4 Å². The fourth-order valence-corrected chi connectivity index (χ4v) is 4.15. The van der Waals surface area contributed by atoms with E-state index < -0.39 is 5.25 Å². The highest BCUT2D eigenvalue weighted by molar-refractivity contribution is 8.15. The third-order valence-electron chi connectivity index (χ3n) is 4.56. The molecule has 0 aromatic heterocycles. The molecule has 0 unspecified atom stereocenters. The molecule has 0 spiro atoms. The third kappa shape index (κ3) is 5.33. The van der Waals surface area contributed by atoms with Crippen molar-refractivity contribution < 1.29 is 19.1 Å². The van der Waals surface area contributed by atoms with E-state index in [-0.39, 0.29) is 18.2 Å². The average molecular weight is 428 g/mol. The van der Waals surface area contributed by atoms with E-state index >= 15 is 0 Å². The lowest BCUT2D eigenvalue weighted by molar-refractivity contribution is -0.129. The molecule has 0 saturated carbocycles. The predicted octanol–water partition coefficient (Wildman–Crippen LogP) is 3.36. The number of carbonyl (C=O) groups is 2. The molecule has 30 heavy (non-hydrogen) atoms. The number of ether oxygens (including phenoxy) is 2. The van der Waals surface area contributed by atoms with Gasteiger partial charge in [-0.15, -0.1) is 0 Å². The summed E-state index contributed by atoms with van der Waals surface area (Å²) in [6.07, 6.45) is 0.123. The van der Waals surface area contributed by atoms with Crippen molar-refractivity contribution in [2.45, 2.75) is 25.1 Å². The minimum atomic E-state index is -0.494. The van der Waals surface area contributed by atoms with Gasteiger partial charge >= 0.3 is 0 Å². The van der Waals surface area contributed by atoms with E-state index in [2.05, 4.69) is 10.3 Å². The van der Waals surface area contributed by atoms with Gasteiger partial charge in [0.05, 0.1) is 26.5 Å². The quantitative estimate of drug-likeness (QED) is 0.699. The van der Waals surface area contributed by atoms with E-state index in [4.69, 9.17) is 9.47 Å². The molecule has 2 amide bonds. The average Bonchev–Trinajstić information content (AvgIpc) is 3.03. The Bertz CT molecular complexity index is 913. The first-order valence-electron chi connectivity index (χ1n) is 9.64. The minimum absolute atomic E-state index is 0.116. The third-order valence-corrected chi connectivity index (χ3v) is 5.74. The molecular formula is C22H25N3O4S. The Balaban J connectivity index is 1.85. The molecule has 1 atom stereocenters. The summed E-state index contributed by atoms with van der Waals surface area (Å²) in [5.74, 6) is 1.23. The number of amidine groups is 1. The predicted molar refractivity (Wildman–Crippen MR) is 118 cm³/mol. The number of thioether (sulfide) groups is 1. The second-order valence-electron chi connectivity index (χ2n) is 6.63. The fourth-order valence-electron chi connectivity index (χ4n) is 2.99. The summed E-state index contributed by atoms with van der Waals surface area (Å²) in [6.45, 7) is 2.76. The van der Waals surface area contributed by atoms with Crippen LogP contribution >= 0.6 is 11.8 Å². The van der Waals surface area contributed by atoms with Gasteiger partial charge in [0, 0.05) is 13.0 Å². The zero-order chi connectivity index (χ0) is 21.5. The molecule has 1 saturated heterocycles. The summed E-state index contributed by atoms with van der Waals surface area (Å²) in [5, 5.41) is 2.84. The van der Waals surface area contributed by atoms with Crippen molar-refractivity contribution in [3.63, 3.8) is 0 Å². The maximum absolute atomic E-state index is 13.1. The molecule has 1 heterocycles. The molecule has 0 aliphatic carbocycles. The zero-order valence-corrected chi connectivity index (χ0v) is 18.1. The van der Waals surface area contributed by atoms with Crippen LogP contribution in [0.2, 0.25) is 0 Å². The van der Waals surface area contributed by atoms with Crippen molar-refractivity contribution in [1.82, 2.24) is 10.2 Å². The highest BCUT2D eigenvalue weighted by atomic mass is 32.2. The second-order valence-corrected chi connectivity index (χ2v) is 7.80. The van der Waals surface area contributed by atoms with Gasteiger partial charge in [0.15, 0.2) is 5.17 Å². The number of carbonyl (C=O) groups excluding carboxylic acids is 2. The van der Waals surface area contributed by atoms with Crippen molar-refractivity contribution in [3.05, 3.63) is 54.1 Å². The van der Waals surface area contributed by atoms with Crippen molar-refractivity contribution in [2.24, 2.45) is 4.99 Å². The first-order chi connectivity index (χ1) is 14.5. The number of amides is 2. The number of hydrogen-bond acceptors (Lipinski definition) is 6. The van der Waals surface area contributed by atoms with Crippen LogP contribution in [0.3, 0.4) is 0 Å².